The number of rotatable bonds is 4. The van der Waals surface area contributed by atoms with Gasteiger partial charge in [-0.3, -0.25) is 4.79 Å². The van der Waals surface area contributed by atoms with Crippen LogP contribution in [0, 0.1) is 0 Å². The lowest BCUT2D eigenvalue weighted by Crippen LogP contribution is -3.07. The van der Waals surface area contributed by atoms with Crippen LogP contribution in [-0.2, 0) is 6.54 Å². The highest BCUT2D eigenvalue weighted by Crippen LogP contribution is 2.09. The lowest BCUT2D eigenvalue weighted by molar-refractivity contribution is -0.925. The number of aromatic amines is 1. The van der Waals surface area contributed by atoms with Crippen molar-refractivity contribution in [2.75, 3.05) is 7.05 Å². The number of para-hydroxylation sites is 1. The first-order chi connectivity index (χ1) is 10.1. The molecule has 0 aliphatic rings. The molecule has 5 heteroatoms. The molecule has 0 amide bonds. The third-order valence-corrected chi connectivity index (χ3v) is 3.81. The van der Waals surface area contributed by atoms with E-state index in [4.69, 9.17) is 4.42 Å². The van der Waals surface area contributed by atoms with Crippen LogP contribution in [0.15, 0.2) is 51.9 Å². The molecule has 3 aromatic rings. The minimum Gasteiger partial charge on any atom is -0.463 e. The average molecular weight is 284 g/mol. The standard InChI is InChI=1S/C16H17N3O2/c1-11(19(2)10-12-6-5-9-21-12)15-17-14-8-4-3-7-13(14)16(20)18-15/h3-9,11H,10H2,1-2H3,(H,17,18,20)/p+1/t11-/m1/s1. The van der Waals surface area contributed by atoms with Crippen LogP contribution in [0.2, 0.25) is 0 Å². The SMILES string of the molecule is C[C@H](c1nc2ccccc2c(=O)[nH]1)[NH+](C)Cc1ccco1. The molecule has 0 fully saturated rings. The summed E-state index contributed by atoms with van der Waals surface area (Å²) in [7, 11) is 2.06. The monoisotopic (exact) mass is 284 g/mol. The number of benzene rings is 1. The first kappa shape index (κ1) is 13.6. The lowest BCUT2D eigenvalue weighted by atomic mass is 10.2. The number of aromatic nitrogens is 2. The fourth-order valence-corrected chi connectivity index (χ4v) is 2.38. The third-order valence-electron chi connectivity index (χ3n) is 3.81. The summed E-state index contributed by atoms with van der Waals surface area (Å²) in [5, 5.41) is 0.622. The summed E-state index contributed by atoms with van der Waals surface area (Å²) < 4.78 is 5.37. The van der Waals surface area contributed by atoms with Crippen molar-refractivity contribution in [2.24, 2.45) is 0 Å². The van der Waals surface area contributed by atoms with Gasteiger partial charge in [0.1, 0.15) is 12.6 Å². The van der Waals surface area contributed by atoms with Crippen LogP contribution in [0.3, 0.4) is 0 Å². The molecule has 1 unspecified atom stereocenters. The molecule has 2 heterocycles. The first-order valence-electron chi connectivity index (χ1n) is 6.99. The molecule has 0 radical (unpaired) electrons. The molecule has 108 valence electrons. The predicted molar refractivity (Wildman–Crippen MR) is 80.1 cm³/mol. The molecular weight excluding hydrogens is 266 g/mol. The highest BCUT2D eigenvalue weighted by molar-refractivity contribution is 5.77. The van der Waals surface area contributed by atoms with Gasteiger partial charge in [0, 0.05) is 0 Å². The van der Waals surface area contributed by atoms with E-state index in [0.717, 1.165) is 17.8 Å². The van der Waals surface area contributed by atoms with Crippen molar-refractivity contribution in [3.63, 3.8) is 0 Å². The molecule has 0 saturated heterocycles. The number of nitrogens with zero attached hydrogens (tertiary/aromatic N) is 1. The van der Waals surface area contributed by atoms with Crippen LogP contribution in [0.1, 0.15) is 24.6 Å². The Labute approximate surface area is 122 Å². The van der Waals surface area contributed by atoms with E-state index >= 15 is 0 Å². The Hall–Kier alpha value is -2.40. The van der Waals surface area contributed by atoms with Crippen LogP contribution in [0.5, 0.6) is 0 Å². The van der Waals surface area contributed by atoms with E-state index in [2.05, 4.69) is 17.0 Å². The molecule has 2 atom stereocenters. The Bertz CT molecular complexity index is 793. The molecule has 2 N–H and O–H groups in total. The van der Waals surface area contributed by atoms with Gasteiger partial charge in [0.2, 0.25) is 0 Å². The van der Waals surface area contributed by atoms with Crippen molar-refractivity contribution in [3.8, 4) is 0 Å². The van der Waals surface area contributed by atoms with E-state index < -0.39 is 0 Å². The summed E-state index contributed by atoms with van der Waals surface area (Å²) in [6.45, 7) is 2.79. The maximum atomic E-state index is 12.1. The summed E-state index contributed by atoms with van der Waals surface area (Å²) in [6.07, 6.45) is 1.67. The minimum atomic E-state index is -0.0896. The van der Waals surface area contributed by atoms with Gasteiger partial charge in [0.25, 0.3) is 5.56 Å². The van der Waals surface area contributed by atoms with E-state index in [1.807, 2.05) is 37.3 Å². The average Bonchev–Trinajstić information content (AvgIpc) is 2.99. The van der Waals surface area contributed by atoms with Crippen LogP contribution < -0.4 is 10.5 Å². The van der Waals surface area contributed by atoms with Crippen LogP contribution in [-0.4, -0.2) is 17.0 Å². The van der Waals surface area contributed by atoms with E-state index in [9.17, 15) is 4.79 Å². The molecule has 0 spiro atoms. The zero-order chi connectivity index (χ0) is 14.8. The second-order valence-electron chi connectivity index (χ2n) is 5.29. The van der Waals surface area contributed by atoms with Gasteiger partial charge < -0.3 is 14.3 Å². The van der Waals surface area contributed by atoms with Crippen molar-refractivity contribution in [3.05, 3.63) is 64.6 Å². The largest absolute Gasteiger partial charge is 0.463 e. The zero-order valence-electron chi connectivity index (χ0n) is 12.1. The van der Waals surface area contributed by atoms with Gasteiger partial charge in [-0.15, -0.1) is 0 Å². The van der Waals surface area contributed by atoms with E-state index in [0.29, 0.717) is 11.2 Å². The van der Waals surface area contributed by atoms with Crippen LogP contribution in [0.25, 0.3) is 10.9 Å². The topological polar surface area (TPSA) is 63.3 Å². The van der Waals surface area contributed by atoms with Gasteiger partial charge >= 0.3 is 0 Å². The fraction of sp³-hybridized carbons (Fsp3) is 0.250. The minimum absolute atomic E-state index is 0.0624. The Morgan fingerprint density at radius 3 is 2.86 bits per heavy atom. The molecule has 1 aromatic carbocycles. The number of quaternary nitrogens is 1. The van der Waals surface area contributed by atoms with E-state index in [1.54, 1.807) is 12.3 Å². The van der Waals surface area contributed by atoms with Crippen molar-refractivity contribution in [1.82, 2.24) is 9.97 Å². The molecule has 5 nitrogen and oxygen atoms in total. The first-order valence-corrected chi connectivity index (χ1v) is 6.99. The number of hydrogen-bond acceptors (Lipinski definition) is 3. The smallest absolute Gasteiger partial charge is 0.258 e. The van der Waals surface area contributed by atoms with Crippen LogP contribution >= 0.6 is 0 Å². The van der Waals surface area contributed by atoms with Crippen LogP contribution in [0.4, 0.5) is 0 Å². The molecule has 0 saturated carbocycles. The van der Waals surface area contributed by atoms with Gasteiger partial charge in [-0.2, -0.15) is 0 Å². The Balaban J connectivity index is 1.90. The number of nitrogens with one attached hydrogen (secondary N) is 2. The van der Waals surface area contributed by atoms with Crippen molar-refractivity contribution < 1.29 is 9.32 Å². The number of furan rings is 1. The molecule has 0 aliphatic heterocycles. The predicted octanol–water partition coefficient (Wildman–Crippen LogP) is 1.29. The lowest BCUT2D eigenvalue weighted by Gasteiger charge is -2.20. The van der Waals surface area contributed by atoms with Crippen molar-refractivity contribution in [1.29, 1.82) is 0 Å². The number of fused-ring (bicyclic) bond motifs is 1. The summed E-state index contributed by atoms with van der Waals surface area (Å²) in [4.78, 5) is 20.8. The molecule has 2 aromatic heterocycles. The van der Waals surface area contributed by atoms with Gasteiger partial charge in [-0.05, 0) is 31.2 Å². The van der Waals surface area contributed by atoms with Gasteiger partial charge in [0.15, 0.2) is 11.6 Å². The van der Waals surface area contributed by atoms with Crippen molar-refractivity contribution >= 4 is 10.9 Å². The summed E-state index contributed by atoms with van der Waals surface area (Å²) in [5.41, 5.74) is 0.641. The fourth-order valence-electron chi connectivity index (χ4n) is 2.38. The Morgan fingerprint density at radius 2 is 2.10 bits per heavy atom. The second-order valence-corrected chi connectivity index (χ2v) is 5.29. The highest BCUT2D eigenvalue weighted by atomic mass is 16.3. The van der Waals surface area contributed by atoms with Crippen molar-refractivity contribution in [2.45, 2.75) is 19.5 Å². The maximum Gasteiger partial charge on any atom is 0.258 e. The second kappa shape index (κ2) is 5.54. The van der Waals surface area contributed by atoms with Gasteiger partial charge in [-0.25, -0.2) is 4.98 Å². The number of H-pyrrole nitrogens is 1. The summed E-state index contributed by atoms with van der Waals surface area (Å²) in [5.74, 6) is 1.62. The third kappa shape index (κ3) is 2.73. The van der Waals surface area contributed by atoms with E-state index in [1.165, 1.54) is 4.90 Å². The summed E-state index contributed by atoms with van der Waals surface area (Å²) in [6, 6.07) is 11.3. The highest BCUT2D eigenvalue weighted by Gasteiger charge is 2.20. The maximum absolute atomic E-state index is 12.1. The quantitative estimate of drug-likeness (QED) is 0.759. The number of hydrogen-bond donors (Lipinski definition) is 2. The molecule has 0 aliphatic carbocycles. The normalized spacial score (nSPS) is 14.2. The molecule has 21 heavy (non-hydrogen) atoms. The van der Waals surface area contributed by atoms with Gasteiger partial charge in [0.05, 0.1) is 24.2 Å². The Kier molecular flexibility index (Phi) is 3.58. The summed E-state index contributed by atoms with van der Waals surface area (Å²) >= 11 is 0. The molecule has 0 bridgehead atoms. The van der Waals surface area contributed by atoms with E-state index in [-0.39, 0.29) is 11.6 Å². The Morgan fingerprint density at radius 1 is 1.29 bits per heavy atom. The molecular formula is C16H18N3O2+. The molecule has 3 rings (SSSR count). The zero-order valence-corrected chi connectivity index (χ0v) is 12.1. The van der Waals surface area contributed by atoms with Gasteiger partial charge in [-0.1, -0.05) is 12.1 Å².